The Morgan fingerprint density at radius 2 is 1.69 bits per heavy atom. The van der Waals surface area contributed by atoms with Crippen LogP contribution >= 0.6 is 0 Å². The van der Waals surface area contributed by atoms with Crippen LogP contribution in [0.15, 0.2) is 12.1 Å². The highest BCUT2D eigenvalue weighted by Crippen LogP contribution is 2.40. The highest BCUT2D eigenvalue weighted by molar-refractivity contribution is 5.55. The van der Waals surface area contributed by atoms with Crippen LogP contribution in [0, 0.1) is 0 Å². The molecular formula is C12H18O4. The van der Waals surface area contributed by atoms with E-state index in [1.165, 1.54) is 0 Å². The second-order valence-corrected chi connectivity index (χ2v) is 3.55. The molecule has 1 atom stereocenters. The van der Waals surface area contributed by atoms with E-state index in [1.54, 1.807) is 34.3 Å². The fourth-order valence-electron chi connectivity index (χ4n) is 1.64. The van der Waals surface area contributed by atoms with E-state index in [0.717, 1.165) is 5.56 Å². The summed E-state index contributed by atoms with van der Waals surface area (Å²) in [7, 11) is 4.71. The molecule has 0 bridgehead atoms. The lowest BCUT2D eigenvalue weighted by Gasteiger charge is -2.16. The molecule has 1 N–H and O–H groups in total. The quantitative estimate of drug-likeness (QED) is 0.829. The van der Waals surface area contributed by atoms with E-state index in [0.29, 0.717) is 23.7 Å². The van der Waals surface area contributed by atoms with Gasteiger partial charge in [-0.05, 0) is 13.0 Å². The maximum absolute atomic E-state index is 9.39. The van der Waals surface area contributed by atoms with Crippen LogP contribution in [-0.4, -0.2) is 32.5 Å². The molecule has 90 valence electrons. The average Bonchev–Trinajstić information content (AvgIpc) is 2.27. The van der Waals surface area contributed by atoms with Gasteiger partial charge in [0.15, 0.2) is 11.5 Å². The number of rotatable bonds is 5. The first-order chi connectivity index (χ1) is 7.63. The van der Waals surface area contributed by atoms with E-state index in [9.17, 15) is 5.11 Å². The maximum Gasteiger partial charge on any atom is 0.203 e. The highest BCUT2D eigenvalue weighted by Gasteiger charge is 2.16. The van der Waals surface area contributed by atoms with Crippen LogP contribution in [0.3, 0.4) is 0 Å². The van der Waals surface area contributed by atoms with E-state index in [1.807, 2.05) is 6.07 Å². The minimum absolute atomic E-state index is 0.424. The molecule has 0 spiro atoms. The molecule has 0 fully saturated rings. The summed E-state index contributed by atoms with van der Waals surface area (Å²) in [4.78, 5) is 0. The highest BCUT2D eigenvalue weighted by atomic mass is 16.5. The predicted molar refractivity (Wildman–Crippen MR) is 61.5 cm³/mol. The molecule has 16 heavy (non-hydrogen) atoms. The number of ether oxygens (including phenoxy) is 3. The van der Waals surface area contributed by atoms with Gasteiger partial charge in [0.1, 0.15) is 0 Å². The molecule has 4 heteroatoms. The summed E-state index contributed by atoms with van der Waals surface area (Å²) >= 11 is 0. The summed E-state index contributed by atoms with van der Waals surface area (Å²) < 4.78 is 15.7. The second-order valence-electron chi connectivity index (χ2n) is 3.55. The standard InChI is InChI=1S/C12H18O4/c1-8(13)7-9-5-6-10(14-2)12(16-4)11(9)15-3/h5-6,8,13H,7H2,1-4H3/t8-/m1/s1. The third kappa shape index (κ3) is 2.58. The number of aliphatic hydroxyl groups is 1. The summed E-state index contributed by atoms with van der Waals surface area (Å²) in [6.45, 7) is 1.73. The Bertz CT molecular complexity index is 347. The van der Waals surface area contributed by atoms with Crippen molar-refractivity contribution in [3.05, 3.63) is 17.7 Å². The molecule has 1 aromatic rings. The van der Waals surface area contributed by atoms with Crippen LogP contribution in [0.25, 0.3) is 0 Å². The number of methoxy groups -OCH3 is 3. The lowest BCUT2D eigenvalue weighted by Crippen LogP contribution is -2.07. The van der Waals surface area contributed by atoms with Gasteiger partial charge in [-0.1, -0.05) is 6.07 Å². The molecule has 0 aromatic heterocycles. The predicted octanol–water partition coefficient (Wildman–Crippen LogP) is 1.64. The summed E-state index contributed by atoms with van der Waals surface area (Å²) in [5, 5.41) is 9.39. The monoisotopic (exact) mass is 226 g/mol. The van der Waals surface area contributed by atoms with Crippen LogP contribution < -0.4 is 14.2 Å². The van der Waals surface area contributed by atoms with E-state index in [-0.39, 0.29) is 0 Å². The minimum Gasteiger partial charge on any atom is -0.493 e. The molecule has 0 aliphatic rings. The third-order valence-electron chi connectivity index (χ3n) is 2.30. The van der Waals surface area contributed by atoms with Gasteiger partial charge in [-0.2, -0.15) is 0 Å². The number of benzene rings is 1. The summed E-state index contributed by atoms with van der Waals surface area (Å²) in [6, 6.07) is 3.67. The second kappa shape index (κ2) is 5.61. The maximum atomic E-state index is 9.39. The van der Waals surface area contributed by atoms with Gasteiger partial charge in [0.05, 0.1) is 27.4 Å². The third-order valence-corrected chi connectivity index (χ3v) is 2.30. The molecule has 4 nitrogen and oxygen atoms in total. The Morgan fingerprint density at radius 1 is 1.06 bits per heavy atom. The number of aliphatic hydroxyl groups excluding tert-OH is 1. The lowest BCUT2D eigenvalue weighted by atomic mass is 10.1. The molecule has 0 amide bonds. The summed E-state index contributed by atoms with van der Waals surface area (Å²) in [6.07, 6.45) is 0.0933. The number of hydrogen-bond acceptors (Lipinski definition) is 4. The van der Waals surface area contributed by atoms with Gasteiger partial charge in [0, 0.05) is 12.0 Å². The zero-order valence-electron chi connectivity index (χ0n) is 10.1. The van der Waals surface area contributed by atoms with Crippen molar-refractivity contribution in [1.82, 2.24) is 0 Å². The molecule has 0 saturated heterocycles. The fourth-order valence-corrected chi connectivity index (χ4v) is 1.64. The molecule has 0 saturated carbocycles. The average molecular weight is 226 g/mol. The van der Waals surface area contributed by atoms with Crippen molar-refractivity contribution >= 4 is 0 Å². The van der Waals surface area contributed by atoms with Gasteiger partial charge < -0.3 is 19.3 Å². The van der Waals surface area contributed by atoms with E-state index in [4.69, 9.17) is 14.2 Å². The largest absolute Gasteiger partial charge is 0.493 e. The Labute approximate surface area is 95.8 Å². The molecular weight excluding hydrogens is 208 g/mol. The lowest BCUT2D eigenvalue weighted by molar-refractivity contribution is 0.193. The molecule has 1 aromatic carbocycles. The zero-order chi connectivity index (χ0) is 12.1. The van der Waals surface area contributed by atoms with Crippen LogP contribution in [0.1, 0.15) is 12.5 Å². The first kappa shape index (κ1) is 12.6. The van der Waals surface area contributed by atoms with Crippen molar-refractivity contribution in [3.63, 3.8) is 0 Å². The molecule has 0 radical (unpaired) electrons. The van der Waals surface area contributed by atoms with Crippen molar-refractivity contribution in [3.8, 4) is 17.2 Å². The van der Waals surface area contributed by atoms with Gasteiger partial charge >= 0.3 is 0 Å². The smallest absolute Gasteiger partial charge is 0.203 e. The van der Waals surface area contributed by atoms with Crippen molar-refractivity contribution in [2.75, 3.05) is 21.3 Å². The van der Waals surface area contributed by atoms with Gasteiger partial charge in [0.2, 0.25) is 5.75 Å². The first-order valence-electron chi connectivity index (χ1n) is 5.10. The van der Waals surface area contributed by atoms with Crippen molar-refractivity contribution in [2.24, 2.45) is 0 Å². The molecule has 0 unspecified atom stereocenters. The van der Waals surface area contributed by atoms with Crippen molar-refractivity contribution < 1.29 is 19.3 Å². The Morgan fingerprint density at radius 3 is 2.12 bits per heavy atom. The van der Waals surface area contributed by atoms with E-state index < -0.39 is 6.10 Å². The van der Waals surface area contributed by atoms with E-state index in [2.05, 4.69) is 0 Å². The normalized spacial score (nSPS) is 12.1. The SMILES string of the molecule is COc1ccc(C[C@@H](C)O)c(OC)c1OC. The fraction of sp³-hybridized carbons (Fsp3) is 0.500. The van der Waals surface area contributed by atoms with Crippen LogP contribution in [0.4, 0.5) is 0 Å². The van der Waals surface area contributed by atoms with Crippen LogP contribution in [-0.2, 0) is 6.42 Å². The van der Waals surface area contributed by atoms with Crippen LogP contribution in [0.5, 0.6) is 17.2 Å². The minimum atomic E-state index is -0.424. The van der Waals surface area contributed by atoms with Gasteiger partial charge in [-0.3, -0.25) is 0 Å². The Kier molecular flexibility index (Phi) is 4.43. The molecule has 0 heterocycles. The molecule has 0 aliphatic carbocycles. The van der Waals surface area contributed by atoms with Gasteiger partial charge in [0.25, 0.3) is 0 Å². The van der Waals surface area contributed by atoms with Gasteiger partial charge in [-0.25, -0.2) is 0 Å². The number of hydrogen-bond donors (Lipinski definition) is 1. The van der Waals surface area contributed by atoms with Crippen molar-refractivity contribution in [2.45, 2.75) is 19.4 Å². The topological polar surface area (TPSA) is 47.9 Å². The summed E-state index contributed by atoms with van der Waals surface area (Å²) in [5.74, 6) is 1.79. The Hall–Kier alpha value is -1.42. The van der Waals surface area contributed by atoms with E-state index >= 15 is 0 Å². The molecule has 1 rings (SSSR count). The van der Waals surface area contributed by atoms with Crippen molar-refractivity contribution in [1.29, 1.82) is 0 Å². The van der Waals surface area contributed by atoms with Gasteiger partial charge in [-0.15, -0.1) is 0 Å². The zero-order valence-corrected chi connectivity index (χ0v) is 10.1. The molecule has 0 aliphatic heterocycles. The Balaban J connectivity index is 3.20. The summed E-state index contributed by atoms with van der Waals surface area (Å²) in [5.41, 5.74) is 0.898. The first-order valence-corrected chi connectivity index (χ1v) is 5.10. The van der Waals surface area contributed by atoms with Crippen LogP contribution in [0.2, 0.25) is 0 Å².